The normalized spacial score (nSPS) is 11.4. The molecule has 4 nitrogen and oxygen atoms in total. The van der Waals surface area contributed by atoms with E-state index in [0.29, 0.717) is 6.07 Å². The fourth-order valence-corrected chi connectivity index (χ4v) is 2.85. The number of benzene rings is 2. The van der Waals surface area contributed by atoms with Crippen molar-refractivity contribution in [3.63, 3.8) is 0 Å². The Morgan fingerprint density at radius 1 is 1.05 bits per heavy atom. The number of anilines is 1. The van der Waals surface area contributed by atoms with Gasteiger partial charge >= 0.3 is 0 Å². The predicted molar refractivity (Wildman–Crippen MR) is 69.5 cm³/mol. The van der Waals surface area contributed by atoms with Crippen molar-refractivity contribution in [3.05, 3.63) is 59.4 Å². The Hall–Kier alpha value is -2.06. The summed E-state index contributed by atoms with van der Waals surface area (Å²) in [5, 5.41) is 8.91. The quantitative estimate of drug-likeness (QED) is 0.910. The van der Waals surface area contributed by atoms with Crippen molar-refractivity contribution in [2.45, 2.75) is 11.5 Å². The first-order valence-corrected chi connectivity index (χ1v) is 7.19. The zero-order valence-electron chi connectivity index (χ0n) is 10.5. The molecule has 2 aromatic carbocycles. The Bertz CT molecular complexity index is 778. The molecule has 8 heteroatoms. The molecule has 0 unspecified atom stereocenters. The van der Waals surface area contributed by atoms with Crippen molar-refractivity contribution < 1.29 is 26.7 Å². The molecule has 2 rings (SSSR count). The molecule has 0 aliphatic rings. The standard InChI is InChI=1S/C13H10F3NO3S/c14-9-3-1-2-4-11(9)17-21(19,20)12-6-8(7-18)5-10(15)13(12)16/h1-6,17-18H,7H2. The molecule has 0 bridgehead atoms. The minimum atomic E-state index is -4.54. The number of hydrogen-bond donors (Lipinski definition) is 2. The van der Waals surface area contributed by atoms with E-state index in [1.807, 2.05) is 4.72 Å². The molecule has 21 heavy (non-hydrogen) atoms. The summed E-state index contributed by atoms with van der Waals surface area (Å²) in [7, 11) is -4.54. The number of rotatable bonds is 4. The fraction of sp³-hybridized carbons (Fsp3) is 0.0769. The van der Waals surface area contributed by atoms with Gasteiger partial charge in [0.15, 0.2) is 11.6 Å². The third kappa shape index (κ3) is 3.17. The van der Waals surface area contributed by atoms with Crippen LogP contribution in [-0.2, 0) is 16.6 Å². The molecule has 0 aliphatic heterocycles. The van der Waals surface area contributed by atoms with Gasteiger partial charge in [-0.15, -0.1) is 0 Å². The summed E-state index contributed by atoms with van der Waals surface area (Å²) in [6, 6.07) is 6.33. The van der Waals surface area contributed by atoms with Gasteiger partial charge in [0.05, 0.1) is 12.3 Å². The molecule has 0 heterocycles. The van der Waals surface area contributed by atoms with Gasteiger partial charge in [0.25, 0.3) is 10.0 Å². The van der Waals surface area contributed by atoms with E-state index >= 15 is 0 Å². The molecule has 0 atom stereocenters. The van der Waals surface area contributed by atoms with Gasteiger partial charge in [-0.25, -0.2) is 21.6 Å². The van der Waals surface area contributed by atoms with Gasteiger partial charge < -0.3 is 5.11 Å². The van der Waals surface area contributed by atoms with E-state index in [2.05, 4.69) is 0 Å². The molecule has 0 saturated carbocycles. The summed E-state index contributed by atoms with van der Waals surface area (Å²) in [5.74, 6) is -3.88. The zero-order chi connectivity index (χ0) is 15.6. The van der Waals surface area contributed by atoms with Crippen LogP contribution in [0.5, 0.6) is 0 Å². The number of para-hydroxylation sites is 1. The number of aliphatic hydroxyl groups is 1. The van der Waals surface area contributed by atoms with Crippen molar-refractivity contribution in [1.29, 1.82) is 0 Å². The van der Waals surface area contributed by atoms with Crippen molar-refractivity contribution in [2.75, 3.05) is 4.72 Å². The van der Waals surface area contributed by atoms with Crippen molar-refractivity contribution in [1.82, 2.24) is 0 Å². The maximum atomic E-state index is 13.6. The molecule has 0 spiro atoms. The van der Waals surface area contributed by atoms with Crippen molar-refractivity contribution in [2.24, 2.45) is 0 Å². The molecule has 112 valence electrons. The Kier molecular flexibility index (Phi) is 4.19. The maximum absolute atomic E-state index is 13.6. The fourth-order valence-electron chi connectivity index (χ4n) is 1.65. The van der Waals surface area contributed by atoms with E-state index in [4.69, 9.17) is 5.11 Å². The van der Waals surface area contributed by atoms with Gasteiger partial charge in [0.1, 0.15) is 10.7 Å². The number of sulfonamides is 1. The van der Waals surface area contributed by atoms with E-state index in [1.165, 1.54) is 12.1 Å². The summed E-state index contributed by atoms with van der Waals surface area (Å²) in [6.07, 6.45) is 0. The van der Waals surface area contributed by atoms with Crippen molar-refractivity contribution in [3.8, 4) is 0 Å². The summed E-state index contributed by atoms with van der Waals surface area (Å²) >= 11 is 0. The Labute approximate surface area is 118 Å². The Balaban J connectivity index is 2.50. The van der Waals surface area contributed by atoms with E-state index in [-0.39, 0.29) is 5.56 Å². The lowest BCUT2D eigenvalue weighted by Gasteiger charge is -2.11. The van der Waals surface area contributed by atoms with Gasteiger partial charge in [0, 0.05) is 0 Å². The van der Waals surface area contributed by atoms with E-state index in [9.17, 15) is 21.6 Å². The average molecular weight is 317 g/mol. The summed E-state index contributed by atoms with van der Waals surface area (Å²) in [5.41, 5.74) is -0.519. The van der Waals surface area contributed by atoms with Gasteiger partial charge in [0.2, 0.25) is 0 Å². The van der Waals surface area contributed by atoms with Crippen LogP contribution in [0.15, 0.2) is 41.3 Å². The predicted octanol–water partition coefficient (Wildman–Crippen LogP) is 2.40. The summed E-state index contributed by atoms with van der Waals surface area (Å²) in [4.78, 5) is -1.00. The van der Waals surface area contributed by atoms with Gasteiger partial charge in [-0.1, -0.05) is 12.1 Å². The monoisotopic (exact) mass is 317 g/mol. The molecule has 0 fully saturated rings. The van der Waals surface area contributed by atoms with E-state index in [0.717, 1.165) is 18.2 Å². The first-order chi connectivity index (χ1) is 9.85. The lowest BCUT2D eigenvalue weighted by molar-refractivity contribution is 0.280. The van der Waals surface area contributed by atoms with Crippen LogP contribution in [0.4, 0.5) is 18.9 Å². The molecule has 0 aliphatic carbocycles. The third-order valence-electron chi connectivity index (χ3n) is 2.64. The molecule has 2 aromatic rings. The van der Waals surface area contributed by atoms with Crippen LogP contribution in [0.1, 0.15) is 5.56 Å². The average Bonchev–Trinajstić information content (AvgIpc) is 2.43. The van der Waals surface area contributed by atoms with Gasteiger partial charge in [-0.3, -0.25) is 4.72 Å². The van der Waals surface area contributed by atoms with E-state index in [1.54, 1.807) is 0 Å². The first kappa shape index (κ1) is 15.3. The van der Waals surface area contributed by atoms with Gasteiger partial charge in [-0.2, -0.15) is 0 Å². The van der Waals surface area contributed by atoms with Crippen LogP contribution in [0, 0.1) is 17.5 Å². The third-order valence-corrected chi connectivity index (χ3v) is 4.01. The Morgan fingerprint density at radius 3 is 2.33 bits per heavy atom. The summed E-state index contributed by atoms with van der Waals surface area (Å²) < 4.78 is 66.3. The molecule has 0 saturated heterocycles. The summed E-state index contributed by atoms with van der Waals surface area (Å²) in [6.45, 7) is -0.667. The largest absolute Gasteiger partial charge is 0.392 e. The minimum Gasteiger partial charge on any atom is -0.392 e. The van der Waals surface area contributed by atoms with Crippen LogP contribution >= 0.6 is 0 Å². The van der Waals surface area contributed by atoms with Crippen LogP contribution in [0.3, 0.4) is 0 Å². The molecule has 2 N–H and O–H groups in total. The van der Waals surface area contributed by atoms with Crippen LogP contribution in [0.2, 0.25) is 0 Å². The number of hydrogen-bond acceptors (Lipinski definition) is 3. The second-order valence-electron chi connectivity index (χ2n) is 4.13. The lowest BCUT2D eigenvalue weighted by atomic mass is 10.2. The van der Waals surface area contributed by atoms with Crippen LogP contribution in [0.25, 0.3) is 0 Å². The highest BCUT2D eigenvalue weighted by molar-refractivity contribution is 7.92. The highest BCUT2D eigenvalue weighted by atomic mass is 32.2. The van der Waals surface area contributed by atoms with Crippen LogP contribution in [-0.4, -0.2) is 13.5 Å². The number of halogens is 3. The second kappa shape index (κ2) is 5.74. The molecular weight excluding hydrogens is 307 g/mol. The minimum absolute atomic E-state index is 0.122. The molecular formula is C13H10F3NO3S. The molecule has 0 amide bonds. The maximum Gasteiger partial charge on any atom is 0.265 e. The topological polar surface area (TPSA) is 66.4 Å². The van der Waals surface area contributed by atoms with Gasteiger partial charge in [-0.05, 0) is 29.8 Å². The highest BCUT2D eigenvalue weighted by Gasteiger charge is 2.24. The lowest BCUT2D eigenvalue weighted by Crippen LogP contribution is -2.16. The SMILES string of the molecule is O=S(=O)(Nc1ccccc1F)c1cc(CO)cc(F)c1F. The Morgan fingerprint density at radius 2 is 1.71 bits per heavy atom. The highest BCUT2D eigenvalue weighted by Crippen LogP contribution is 2.23. The zero-order valence-corrected chi connectivity index (χ0v) is 11.3. The molecule has 0 radical (unpaired) electrons. The second-order valence-corrected chi connectivity index (χ2v) is 5.78. The van der Waals surface area contributed by atoms with E-state index < -0.39 is 44.7 Å². The van der Waals surface area contributed by atoms with Crippen LogP contribution < -0.4 is 4.72 Å². The smallest absolute Gasteiger partial charge is 0.265 e. The number of nitrogens with one attached hydrogen (secondary N) is 1. The van der Waals surface area contributed by atoms with Crippen molar-refractivity contribution >= 4 is 15.7 Å². The molecule has 0 aromatic heterocycles. The first-order valence-electron chi connectivity index (χ1n) is 5.71. The number of aliphatic hydroxyl groups excluding tert-OH is 1.